The molecule has 0 aromatic carbocycles. The summed E-state index contributed by atoms with van der Waals surface area (Å²) in [4.78, 5) is 11.3. The molecule has 0 aromatic rings. The largest absolute Gasteiger partial charge is 0.396 e. The second kappa shape index (κ2) is 7.09. The molecule has 1 rings (SSSR count). The lowest BCUT2D eigenvalue weighted by Gasteiger charge is -2.28. The smallest absolute Gasteiger partial charge is 0.236 e. The minimum Gasteiger partial charge on any atom is -0.396 e. The Labute approximate surface area is 103 Å². The van der Waals surface area contributed by atoms with Crippen LogP contribution in [0.15, 0.2) is 0 Å². The highest BCUT2D eigenvalue weighted by molar-refractivity contribution is 5.85. The van der Waals surface area contributed by atoms with Crippen molar-refractivity contribution in [1.82, 2.24) is 5.32 Å². The molecule has 96 valence electrons. The van der Waals surface area contributed by atoms with Crippen LogP contribution in [0.4, 0.5) is 0 Å². The van der Waals surface area contributed by atoms with Crippen LogP contribution in [0.2, 0.25) is 0 Å². The average molecular weight is 251 g/mol. The zero-order valence-electron chi connectivity index (χ0n) is 9.87. The van der Waals surface area contributed by atoms with Crippen LogP contribution in [0.3, 0.4) is 0 Å². The fourth-order valence-electron chi connectivity index (χ4n) is 2.31. The van der Waals surface area contributed by atoms with Crippen molar-refractivity contribution in [3.8, 4) is 0 Å². The van der Waals surface area contributed by atoms with E-state index in [9.17, 15) is 4.79 Å². The van der Waals surface area contributed by atoms with Gasteiger partial charge in [0.05, 0.1) is 6.04 Å². The zero-order chi connectivity index (χ0) is 11.3. The van der Waals surface area contributed by atoms with Crippen molar-refractivity contribution in [3.05, 3.63) is 0 Å². The average Bonchev–Trinajstić information content (AvgIpc) is 2.64. The molecule has 4 nitrogen and oxygen atoms in total. The van der Waals surface area contributed by atoms with Crippen molar-refractivity contribution in [2.75, 3.05) is 13.2 Å². The molecule has 1 aliphatic rings. The van der Waals surface area contributed by atoms with Crippen LogP contribution in [-0.4, -0.2) is 30.2 Å². The topological polar surface area (TPSA) is 75.4 Å². The fraction of sp³-hybridized carbons (Fsp3) is 0.909. The molecule has 0 unspecified atom stereocenters. The van der Waals surface area contributed by atoms with E-state index < -0.39 is 6.04 Å². The molecule has 1 fully saturated rings. The Balaban J connectivity index is 0.00000225. The first-order chi connectivity index (χ1) is 7.09. The summed E-state index contributed by atoms with van der Waals surface area (Å²) in [5, 5.41) is 11.9. The van der Waals surface area contributed by atoms with Gasteiger partial charge < -0.3 is 16.2 Å². The molecule has 4 N–H and O–H groups in total. The molecule has 1 atom stereocenters. The fourth-order valence-corrected chi connectivity index (χ4v) is 2.31. The standard InChI is InChI=1S/C11H22N2O2.ClH/c1-9(12)10(15)13-8-11(6-7-14)4-2-3-5-11;/h9,14H,2-8,12H2,1H3,(H,13,15);1H/t9-;/m1./s1. The van der Waals surface area contributed by atoms with Crippen LogP contribution in [-0.2, 0) is 4.79 Å². The predicted molar refractivity (Wildman–Crippen MR) is 66.5 cm³/mol. The van der Waals surface area contributed by atoms with E-state index in [-0.39, 0.29) is 30.3 Å². The van der Waals surface area contributed by atoms with E-state index in [0.29, 0.717) is 6.54 Å². The van der Waals surface area contributed by atoms with Crippen LogP contribution in [0.1, 0.15) is 39.0 Å². The van der Waals surface area contributed by atoms with Crippen LogP contribution in [0.5, 0.6) is 0 Å². The molecule has 0 heterocycles. The van der Waals surface area contributed by atoms with Gasteiger partial charge in [0.1, 0.15) is 0 Å². The highest BCUT2D eigenvalue weighted by Gasteiger charge is 2.33. The Morgan fingerprint density at radius 1 is 1.50 bits per heavy atom. The summed E-state index contributed by atoms with van der Waals surface area (Å²) in [7, 11) is 0. The van der Waals surface area contributed by atoms with Gasteiger partial charge in [-0.15, -0.1) is 12.4 Å². The van der Waals surface area contributed by atoms with Crippen LogP contribution in [0.25, 0.3) is 0 Å². The van der Waals surface area contributed by atoms with Crippen molar-refractivity contribution in [2.45, 2.75) is 45.1 Å². The second-order valence-electron chi connectivity index (χ2n) is 4.69. The Bertz CT molecular complexity index is 216. The van der Waals surface area contributed by atoms with Gasteiger partial charge in [-0.3, -0.25) is 4.79 Å². The van der Waals surface area contributed by atoms with Gasteiger partial charge in [-0.2, -0.15) is 0 Å². The van der Waals surface area contributed by atoms with Crippen molar-refractivity contribution >= 4 is 18.3 Å². The predicted octanol–water partition coefficient (Wildman–Crippen LogP) is 0.814. The van der Waals surface area contributed by atoms with E-state index in [1.807, 2.05) is 0 Å². The van der Waals surface area contributed by atoms with E-state index in [1.54, 1.807) is 6.92 Å². The first-order valence-electron chi connectivity index (χ1n) is 5.74. The van der Waals surface area contributed by atoms with Gasteiger partial charge in [0, 0.05) is 13.2 Å². The number of aliphatic hydroxyl groups is 1. The first-order valence-corrected chi connectivity index (χ1v) is 5.74. The Kier molecular flexibility index (Phi) is 6.95. The Hall–Kier alpha value is -0.320. The molecule has 1 saturated carbocycles. The van der Waals surface area contributed by atoms with Crippen molar-refractivity contribution < 1.29 is 9.90 Å². The maximum absolute atomic E-state index is 11.3. The van der Waals surface area contributed by atoms with E-state index in [2.05, 4.69) is 5.32 Å². The molecule has 0 radical (unpaired) electrons. The highest BCUT2D eigenvalue weighted by atomic mass is 35.5. The van der Waals surface area contributed by atoms with E-state index >= 15 is 0 Å². The minimum atomic E-state index is -0.447. The SMILES string of the molecule is C[C@@H](N)C(=O)NCC1(CCO)CCCC1.Cl. The summed E-state index contributed by atoms with van der Waals surface area (Å²) in [5.41, 5.74) is 5.60. The minimum absolute atomic E-state index is 0. The summed E-state index contributed by atoms with van der Waals surface area (Å²) >= 11 is 0. The molecule has 16 heavy (non-hydrogen) atoms. The number of halogens is 1. The third-order valence-corrected chi connectivity index (χ3v) is 3.36. The van der Waals surface area contributed by atoms with Gasteiger partial charge in [0.15, 0.2) is 0 Å². The van der Waals surface area contributed by atoms with Gasteiger partial charge >= 0.3 is 0 Å². The lowest BCUT2D eigenvalue weighted by molar-refractivity contribution is -0.122. The van der Waals surface area contributed by atoms with Gasteiger partial charge in [0.2, 0.25) is 5.91 Å². The van der Waals surface area contributed by atoms with Crippen LogP contribution in [0, 0.1) is 5.41 Å². The Morgan fingerprint density at radius 2 is 2.06 bits per heavy atom. The normalized spacial score (nSPS) is 19.9. The number of rotatable bonds is 5. The molecule has 0 spiro atoms. The summed E-state index contributed by atoms with van der Waals surface area (Å²) in [6, 6.07) is -0.447. The van der Waals surface area contributed by atoms with E-state index in [0.717, 1.165) is 19.3 Å². The van der Waals surface area contributed by atoms with Crippen molar-refractivity contribution in [3.63, 3.8) is 0 Å². The van der Waals surface area contributed by atoms with Crippen LogP contribution < -0.4 is 11.1 Å². The number of nitrogens with one attached hydrogen (secondary N) is 1. The molecule has 1 aliphatic carbocycles. The van der Waals surface area contributed by atoms with Crippen molar-refractivity contribution in [1.29, 1.82) is 0 Å². The van der Waals surface area contributed by atoms with E-state index in [1.165, 1.54) is 12.8 Å². The number of aliphatic hydroxyl groups excluding tert-OH is 1. The number of hydrogen-bond acceptors (Lipinski definition) is 3. The number of nitrogens with two attached hydrogens (primary N) is 1. The maximum Gasteiger partial charge on any atom is 0.236 e. The van der Waals surface area contributed by atoms with Gasteiger partial charge in [0.25, 0.3) is 0 Å². The summed E-state index contributed by atoms with van der Waals surface area (Å²) in [5.74, 6) is -0.0979. The highest BCUT2D eigenvalue weighted by Crippen LogP contribution is 2.40. The molecule has 0 bridgehead atoms. The first kappa shape index (κ1) is 15.7. The second-order valence-corrected chi connectivity index (χ2v) is 4.69. The maximum atomic E-state index is 11.3. The van der Waals surface area contributed by atoms with E-state index in [4.69, 9.17) is 10.8 Å². The molecule has 0 aliphatic heterocycles. The summed E-state index contributed by atoms with van der Waals surface area (Å²) in [6.07, 6.45) is 5.40. The van der Waals surface area contributed by atoms with Gasteiger partial charge in [-0.1, -0.05) is 12.8 Å². The molecule has 5 heteroatoms. The zero-order valence-corrected chi connectivity index (χ0v) is 10.7. The number of hydrogen-bond donors (Lipinski definition) is 3. The lowest BCUT2D eigenvalue weighted by Crippen LogP contribution is -2.43. The van der Waals surface area contributed by atoms with Gasteiger partial charge in [-0.05, 0) is 31.6 Å². The number of carbonyl (C=O) groups is 1. The lowest BCUT2D eigenvalue weighted by atomic mass is 9.83. The van der Waals surface area contributed by atoms with Gasteiger partial charge in [-0.25, -0.2) is 0 Å². The van der Waals surface area contributed by atoms with Crippen LogP contribution >= 0.6 is 12.4 Å². The molecule has 1 amide bonds. The number of carbonyl (C=O) groups excluding carboxylic acids is 1. The molecule has 0 saturated heterocycles. The summed E-state index contributed by atoms with van der Waals surface area (Å²) < 4.78 is 0. The van der Waals surface area contributed by atoms with Crippen molar-refractivity contribution in [2.24, 2.45) is 11.1 Å². The monoisotopic (exact) mass is 250 g/mol. The third-order valence-electron chi connectivity index (χ3n) is 3.36. The molecule has 0 aromatic heterocycles. The summed E-state index contributed by atoms with van der Waals surface area (Å²) in [6.45, 7) is 2.55. The molecular formula is C11H23ClN2O2. The number of amides is 1. The quantitative estimate of drug-likeness (QED) is 0.676. The third kappa shape index (κ3) is 4.28. The molecular weight excluding hydrogens is 228 g/mol. The Morgan fingerprint density at radius 3 is 2.50 bits per heavy atom.